The summed E-state index contributed by atoms with van der Waals surface area (Å²) in [6.07, 6.45) is -3.45. The normalized spacial score (nSPS) is 13.8. The molecule has 0 unspecified atom stereocenters. The first-order valence-electron chi connectivity index (χ1n) is 12.2. The molecule has 4 aromatic carbocycles. The number of nitro groups is 1. The molecule has 0 aliphatic carbocycles. The molecule has 0 saturated carbocycles. The summed E-state index contributed by atoms with van der Waals surface area (Å²) in [5.74, 6) is -1.74. The highest BCUT2D eigenvalue weighted by Crippen LogP contribution is 2.38. The molecule has 1 saturated heterocycles. The largest absolute Gasteiger partial charge is 0.450 e. The van der Waals surface area contributed by atoms with Crippen molar-refractivity contribution in [2.45, 2.75) is 6.18 Å². The van der Waals surface area contributed by atoms with Crippen molar-refractivity contribution in [1.82, 2.24) is 0 Å². The summed E-state index contributed by atoms with van der Waals surface area (Å²) in [4.78, 5) is 40.3. The van der Waals surface area contributed by atoms with Crippen LogP contribution < -0.4 is 14.5 Å². The summed E-state index contributed by atoms with van der Waals surface area (Å²) in [5, 5.41) is 11.4. The molecular formula is C30H18F3N3O5S. The molecule has 0 aromatic heterocycles. The molecule has 1 fully saturated rings. The minimum absolute atomic E-state index is 0.0262. The average molecular weight is 590 g/mol. The van der Waals surface area contributed by atoms with Crippen LogP contribution in [-0.4, -0.2) is 21.9 Å². The van der Waals surface area contributed by atoms with Gasteiger partial charge < -0.3 is 4.74 Å². The van der Waals surface area contributed by atoms with E-state index in [4.69, 9.17) is 17.0 Å². The van der Waals surface area contributed by atoms with Crippen LogP contribution in [0.4, 0.5) is 30.2 Å². The molecule has 0 atom stereocenters. The molecule has 210 valence electrons. The molecule has 0 N–H and O–H groups in total. The maximum atomic E-state index is 13.7. The van der Waals surface area contributed by atoms with Gasteiger partial charge in [-0.2, -0.15) is 13.2 Å². The molecule has 5 rings (SSSR count). The summed E-state index contributed by atoms with van der Waals surface area (Å²) in [5.41, 5.74) is -1.10. The first-order valence-corrected chi connectivity index (χ1v) is 12.6. The second kappa shape index (κ2) is 11.3. The van der Waals surface area contributed by atoms with Gasteiger partial charge in [0.05, 0.1) is 21.9 Å². The van der Waals surface area contributed by atoms with Crippen LogP contribution in [0.25, 0.3) is 6.08 Å². The summed E-state index contributed by atoms with van der Waals surface area (Å²) in [6, 6.07) is 24.9. The fourth-order valence-electron chi connectivity index (χ4n) is 4.22. The van der Waals surface area contributed by atoms with Crippen LogP contribution >= 0.6 is 12.2 Å². The molecule has 0 bridgehead atoms. The highest BCUT2D eigenvalue weighted by Gasteiger charge is 2.41. The molecule has 0 radical (unpaired) electrons. The molecule has 2 amide bonds. The van der Waals surface area contributed by atoms with E-state index in [0.717, 1.165) is 6.07 Å². The number of para-hydroxylation sites is 2. The zero-order valence-electron chi connectivity index (χ0n) is 21.3. The number of carbonyl (C=O) groups excluding carboxylic acids is 2. The molecule has 0 spiro atoms. The summed E-state index contributed by atoms with van der Waals surface area (Å²) >= 11 is 5.58. The highest BCUT2D eigenvalue weighted by atomic mass is 32.1. The van der Waals surface area contributed by atoms with Gasteiger partial charge in [0.25, 0.3) is 11.8 Å². The third-order valence-corrected chi connectivity index (χ3v) is 6.52. The number of nitro benzene ring substituents is 1. The summed E-state index contributed by atoms with van der Waals surface area (Å²) in [7, 11) is 0. The predicted octanol–water partition coefficient (Wildman–Crippen LogP) is 7.15. The Morgan fingerprint density at radius 1 is 0.786 bits per heavy atom. The van der Waals surface area contributed by atoms with Crippen molar-refractivity contribution in [1.29, 1.82) is 0 Å². The Kier molecular flexibility index (Phi) is 7.55. The van der Waals surface area contributed by atoms with E-state index in [0.29, 0.717) is 29.1 Å². The number of rotatable bonds is 6. The zero-order chi connectivity index (χ0) is 30.0. The maximum absolute atomic E-state index is 13.7. The standard InChI is InChI=1S/C30H18F3N3O5S/c31-30(32,33)20-14-15-26(25(18-20)36(39)40)41-23-13-7-8-19(16-23)17-24-27(37)34(21-9-3-1-4-10-21)29(42)35(28(24)38)22-11-5-2-6-12-22/h1-18H. The number of hydrogen-bond donors (Lipinski definition) is 0. The number of amides is 2. The number of anilines is 2. The van der Waals surface area contributed by atoms with Gasteiger partial charge in [0.15, 0.2) is 5.11 Å². The first kappa shape index (κ1) is 28.2. The molecule has 1 heterocycles. The Hall–Kier alpha value is -5.36. The van der Waals surface area contributed by atoms with Gasteiger partial charge in [-0.25, -0.2) is 0 Å². The minimum Gasteiger partial charge on any atom is -0.450 e. The second-order valence-corrected chi connectivity index (χ2v) is 9.27. The SMILES string of the molecule is O=C1C(=Cc2cccc(Oc3ccc(C(F)(F)F)cc3[N+](=O)[O-])c2)C(=O)N(c2ccccc2)C(=S)N1c1ccccc1. The number of nitrogens with zero attached hydrogens (tertiary/aromatic N) is 3. The van der Waals surface area contributed by atoms with Crippen LogP contribution in [0.15, 0.2) is 109 Å². The molecular weight excluding hydrogens is 571 g/mol. The van der Waals surface area contributed by atoms with Crippen molar-refractivity contribution >= 4 is 52.3 Å². The van der Waals surface area contributed by atoms with E-state index in [1.165, 1.54) is 34.1 Å². The van der Waals surface area contributed by atoms with E-state index in [-0.39, 0.29) is 16.4 Å². The average Bonchev–Trinajstić information content (AvgIpc) is 2.96. The zero-order valence-corrected chi connectivity index (χ0v) is 22.1. The number of thiocarbonyl (C=S) groups is 1. The summed E-state index contributed by atoms with van der Waals surface area (Å²) in [6.45, 7) is 0. The van der Waals surface area contributed by atoms with Gasteiger partial charge >= 0.3 is 11.9 Å². The molecule has 1 aliphatic rings. The van der Waals surface area contributed by atoms with Crippen molar-refractivity contribution in [3.05, 3.63) is 130 Å². The van der Waals surface area contributed by atoms with E-state index in [9.17, 15) is 32.9 Å². The van der Waals surface area contributed by atoms with E-state index >= 15 is 0 Å². The lowest BCUT2D eigenvalue weighted by Gasteiger charge is -2.36. The number of alkyl halides is 3. The third-order valence-electron chi connectivity index (χ3n) is 6.16. The smallest absolute Gasteiger partial charge is 0.416 e. The van der Waals surface area contributed by atoms with Gasteiger partial charge in [-0.3, -0.25) is 29.5 Å². The van der Waals surface area contributed by atoms with Gasteiger partial charge in [-0.05, 0) is 72.4 Å². The monoisotopic (exact) mass is 589 g/mol. The Bertz CT molecular complexity index is 1680. The van der Waals surface area contributed by atoms with Crippen LogP contribution in [0.3, 0.4) is 0 Å². The number of ether oxygens (including phenoxy) is 1. The van der Waals surface area contributed by atoms with Crippen LogP contribution in [-0.2, 0) is 15.8 Å². The van der Waals surface area contributed by atoms with Crippen molar-refractivity contribution in [3.63, 3.8) is 0 Å². The first-order chi connectivity index (χ1) is 20.0. The van der Waals surface area contributed by atoms with E-state index in [2.05, 4.69) is 0 Å². The second-order valence-electron chi connectivity index (χ2n) is 8.90. The number of benzene rings is 4. The van der Waals surface area contributed by atoms with Crippen LogP contribution in [0.1, 0.15) is 11.1 Å². The molecule has 4 aromatic rings. The maximum Gasteiger partial charge on any atom is 0.416 e. The van der Waals surface area contributed by atoms with Crippen molar-refractivity contribution < 1.29 is 32.4 Å². The van der Waals surface area contributed by atoms with E-state index in [1.54, 1.807) is 66.7 Å². The van der Waals surface area contributed by atoms with E-state index < -0.39 is 39.9 Å². The van der Waals surface area contributed by atoms with Gasteiger partial charge in [0.2, 0.25) is 5.75 Å². The Morgan fingerprint density at radius 3 is 1.88 bits per heavy atom. The van der Waals surface area contributed by atoms with Gasteiger partial charge in [-0.15, -0.1) is 0 Å². The van der Waals surface area contributed by atoms with Gasteiger partial charge in [0.1, 0.15) is 11.3 Å². The Labute approximate surface area is 242 Å². The third kappa shape index (κ3) is 5.60. The quantitative estimate of drug-likeness (QED) is 0.0780. The fourth-order valence-corrected chi connectivity index (χ4v) is 4.60. The summed E-state index contributed by atoms with van der Waals surface area (Å²) < 4.78 is 44.8. The highest BCUT2D eigenvalue weighted by molar-refractivity contribution is 7.81. The minimum atomic E-state index is -4.78. The van der Waals surface area contributed by atoms with Gasteiger partial charge in [0, 0.05) is 6.07 Å². The molecule has 8 nitrogen and oxygen atoms in total. The number of halogens is 3. The Balaban J connectivity index is 1.54. The van der Waals surface area contributed by atoms with Crippen LogP contribution in [0.2, 0.25) is 0 Å². The van der Waals surface area contributed by atoms with E-state index in [1.807, 2.05) is 0 Å². The molecule has 42 heavy (non-hydrogen) atoms. The number of carbonyl (C=O) groups is 2. The predicted molar refractivity (Wildman–Crippen MR) is 153 cm³/mol. The molecule has 1 aliphatic heterocycles. The lowest BCUT2D eigenvalue weighted by Crippen LogP contribution is -2.56. The number of hydrogen-bond acceptors (Lipinski definition) is 6. The Morgan fingerprint density at radius 2 is 1.36 bits per heavy atom. The lowest BCUT2D eigenvalue weighted by molar-refractivity contribution is -0.385. The molecule has 12 heteroatoms. The van der Waals surface area contributed by atoms with Crippen LogP contribution in [0, 0.1) is 10.1 Å². The van der Waals surface area contributed by atoms with Gasteiger partial charge in [-0.1, -0.05) is 48.5 Å². The topological polar surface area (TPSA) is 93.0 Å². The lowest BCUT2D eigenvalue weighted by atomic mass is 10.0. The van der Waals surface area contributed by atoms with Crippen molar-refractivity contribution in [2.24, 2.45) is 0 Å². The van der Waals surface area contributed by atoms with Crippen molar-refractivity contribution in [2.75, 3.05) is 9.80 Å². The van der Waals surface area contributed by atoms with Crippen LogP contribution in [0.5, 0.6) is 11.5 Å². The van der Waals surface area contributed by atoms with Crippen molar-refractivity contribution in [3.8, 4) is 11.5 Å². The fraction of sp³-hybridized carbons (Fsp3) is 0.0333.